The highest BCUT2D eigenvalue weighted by atomic mass is 16.5. The first-order chi connectivity index (χ1) is 8.49. The van der Waals surface area contributed by atoms with Crippen LogP contribution in [0.25, 0.3) is 0 Å². The summed E-state index contributed by atoms with van der Waals surface area (Å²) in [5.74, 6) is -0.0469. The van der Waals surface area contributed by atoms with Gasteiger partial charge in [-0.1, -0.05) is 32.9 Å². The SMILES string of the molecule is CCc1cc(CC(C(=O)O)C(C)C)ccc1OC. The third kappa shape index (κ3) is 3.49. The highest BCUT2D eigenvalue weighted by Gasteiger charge is 2.22. The Bertz CT molecular complexity index is 410. The van der Waals surface area contributed by atoms with E-state index in [0.717, 1.165) is 23.3 Å². The quantitative estimate of drug-likeness (QED) is 0.843. The van der Waals surface area contributed by atoms with E-state index in [4.69, 9.17) is 4.74 Å². The molecule has 1 N–H and O–H groups in total. The van der Waals surface area contributed by atoms with Gasteiger partial charge >= 0.3 is 5.97 Å². The summed E-state index contributed by atoms with van der Waals surface area (Å²) in [6, 6.07) is 5.93. The van der Waals surface area contributed by atoms with Crippen molar-refractivity contribution in [2.24, 2.45) is 11.8 Å². The van der Waals surface area contributed by atoms with Gasteiger partial charge in [0.15, 0.2) is 0 Å². The first kappa shape index (κ1) is 14.6. The number of hydrogen-bond donors (Lipinski definition) is 1. The minimum atomic E-state index is -0.723. The van der Waals surface area contributed by atoms with Gasteiger partial charge in [-0.05, 0) is 36.0 Å². The molecule has 0 aromatic heterocycles. The van der Waals surface area contributed by atoms with Gasteiger partial charge in [-0.15, -0.1) is 0 Å². The van der Waals surface area contributed by atoms with Crippen LogP contribution in [0.2, 0.25) is 0 Å². The van der Waals surface area contributed by atoms with Gasteiger partial charge in [-0.25, -0.2) is 0 Å². The predicted octanol–water partition coefficient (Wildman–Crippen LogP) is 3.16. The Labute approximate surface area is 109 Å². The van der Waals surface area contributed by atoms with Crippen LogP contribution in [-0.2, 0) is 17.6 Å². The molecule has 3 nitrogen and oxygen atoms in total. The summed E-state index contributed by atoms with van der Waals surface area (Å²) in [6.45, 7) is 5.96. The van der Waals surface area contributed by atoms with Crippen LogP contribution >= 0.6 is 0 Å². The fourth-order valence-corrected chi connectivity index (χ4v) is 2.10. The molecule has 0 fully saturated rings. The summed E-state index contributed by atoms with van der Waals surface area (Å²) < 4.78 is 5.27. The van der Waals surface area contributed by atoms with Crippen LogP contribution in [-0.4, -0.2) is 18.2 Å². The van der Waals surface area contributed by atoms with Gasteiger partial charge in [-0.3, -0.25) is 4.79 Å². The fourth-order valence-electron chi connectivity index (χ4n) is 2.10. The molecule has 0 bridgehead atoms. The van der Waals surface area contributed by atoms with Crippen molar-refractivity contribution in [3.8, 4) is 5.75 Å². The van der Waals surface area contributed by atoms with E-state index in [-0.39, 0.29) is 11.8 Å². The minimum absolute atomic E-state index is 0.134. The summed E-state index contributed by atoms with van der Waals surface area (Å²) in [5, 5.41) is 9.21. The first-order valence-corrected chi connectivity index (χ1v) is 6.38. The lowest BCUT2D eigenvalue weighted by atomic mass is 9.88. The molecule has 0 spiro atoms. The van der Waals surface area contributed by atoms with Gasteiger partial charge in [0.2, 0.25) is 0 Å². The molecule has 0 radical (unpaired) electrons. The van der Waals surface area contributed by atoms with Crippen LogP contribution < -0.4 is 4.74 Å². The lowest BCUT2D eigenvalue weighted by molar-refractivity contribution is -0.143. The topological polar surface area (TPSA) is 46.5 Å². The summed E-state index contributed by atoms with van der Waals surface area (Å²) in [7, 11) is 1.66. The molecule has 0 aliphatic carbocycles. The van der Waals surface area contributed by atoms with Crippen molar-refractivity contribution in [2.75, 3.05) is 7.11 Å². The van der Waals surface area contributed by atoms with Crippen molar-refractivity contribution in [2.45, 2.75) is 33.6 Å². The molecule has 1 atom stereocenters. The van der Waals surface area contributed by atoms with E-state index in [1.54, 1.807) is 7.11 Å². The largest absolute Gasteiger partial charge is 0.496 e. The summed E-state index contributed by atoms with van der Waals surface area (Å²) in [6.07, 6.45) is 1.46. The van der Waals surface area contributed by atoms with Crippen LogP contribution in [0.1, 0.15) is 31.9 Å². The molecule has 0 heterocycles. The van der Waals surface area contributed by atoms with Crippen LogP contribution in [0.15, 0.2) is 18.2 Å². The normalized spacial score (nSPS) is 12.5. The molecule has 0 aliphatic rings. The Morgan fingerprint density at radius 3 is 2.50 bits per heavy atom. The molecule has 18 heavy (non-hydrogen) atoms. The van der Waals surface area contributed by atoms with E-state index < -0.39 is 5.97 Å². The van der Waals surface area contributed by atoms with Crippen LogP contribution in [0, 0.1) is 11.8 Å². The third-order valence-corrected chi connectivity index (χ3v) is 3.30. The first-order valence-electron chi connectivity index (χ1n) is 6.38. The van der Waals surface area contributed by atoms with Gasteiger partial charge in [-0.2, -0.15) is 0 Å². The summed E-state index contributed by atoms with van der Waals surface area (Å²) >= 11 is 0. The predicted molar refractivity (Wildman–Crippen MR) is 72.0 cm³/mol. The fraction of sp³-hybridized carbons (Fsp3) is 0.533. The van der Waals surface area contributed by atoms with Gasteiger partial charge in [0.1, 0.15) is 5.75 Å². The lowest BCUT2D eigenvalue weighted by Gasteiger charge is -2.17. The van der Waals surface area contributed by atoms with Gasteiger partial charge < -0.3 is 9.84 Å². The molecular formula is C15H22O3. The summed E-state index contributed by atoms with van der Waals surface area (Å²) in [5.41, 5.74) is 2.19. The highest BCUT2D eigenvalue weighted by Crippen LogP contribution is 2.24. The third-order valence-electron chi connectivity index (χ3n) is 3.30. The number of ether oxygens (including phenoxy) is 1. The maximum absolute atomic E-state index is 11.2. The van der Waals surface area contributed by atoms with Gasteiger partial charge in [0, 0.05) is 0 Å². The second-order valence-corrected chi connectivity index (χ2v) is 4.89. The molecule has 0 saturated heterocycles. The average Bonchev–Trinajstić information content (AvgIpc) is 2.34. The van der Waals surface area contributed by atoms with Gasteiger partial charge in [0.25, 0.3) is 0 Å². The number of aliphatic carboxylic acids is 1. The minimum Gasteiger partial charge on any atom is -0.496 e. The zero-order chi connectivity index (χ0) is 13.7. The summed E-state index contributed by atoms with van der Waals surface area (Å²) in [4.78, 5) is 11.2. The Balaban J connectivity index is 2.93. The number of rotatable bonds is 6. The second kappa shape index (κ2) is 6.43. The Morgan fingerprint density at radius 2 is 2.06 bits per heavy atom. The van der Waals surface area contributed by atoms with E-state index >= 15 is 0 Å². The Hall–Kier alpha value is -1.51. The maximum Gasteiger partial charge on any atom is 0.307 e. The van der Waals surface area contributed by atoms with E-state index in [1.807, 2.05) is 26.0 Å². The Morgan fingerprint density at radius 1 is 1.39 bits per heavy atom. The molecule has 0 saturated carbocycles. The molecule has 3 heteroatoms. The van der Waals surface area contributed by atoms with E-state index in [2.05, 4.69) is 13.0 Å². The molecular weight excluding hydrogens is 228 g/mol. The van der Waals surface area contributed by atoms with Crippen molar-refractivity contribution in [1.29, 1.82) is 0 Å². The van der Waals surface area contributed by atoms with Gasteiger partial charge in [0.05, 0.1) is 13.0 Å². The number of carboxylic acid groups (broad SMARTS) is 1. The zero-order valence-corrected chi connectivity index (χ0v) is 11.6. The number of aryl methyl sites for hydroxylation is 1. The average molecular weight is 250 g/mol. The molecule has 1 aromatic rings. The molecule has 0 amide bonds. The van der Waals surface area contributed by atoms with Crippen LogP contribution in [0.3, 0.4) is 0 Å². The smallest absolute Gasteiger partial charge is 0.307 e. The Kier molecular flexibility index (Phi) is 5.20. The number of methoxy groups -OCH3 is 1. The molecule has 100 valence electrons. The highest BCUT2D eigenvalue weighted by molar-refractivity contribution is 5.70. The van der Waals surface area contributed by atoms with Crippen molar-refractivity contribution in [1.82, 2.24) is 0 Å². The number of benzene rings is 1. The van der Waals surface area contributed by atoms with Crippen LogP contribution in [0.4, 0.5) is 0 Å². The van der Waals surface area contributed by atoms with Crippen LogP contribution in [0.5, 0.6) is 5.75 Å². The van der Waals surface area contributed by atoms with E-state index in [9.17, 15) is 9.90 Å². The van der Waals surface area contributed by atoms with Crippen molar-refractivity contribution in [3.05, 3.63) is 29.3 Å². The number of carbonyl (C=O) groups is 1. The lowest BCUT2D eigenvalue weighted by Crippen LogP contribution is -2.22. The second-order valence-electron chi connectivity index (χ2n) is 4.89. The van der Waals surface area contributed by atoms with E-state index in [0.29, 0.717) is 6.42 Å². The molecule has 1 rings (SSSR count). The monoisotopic (exact) mass is 250 g/mol. The van der Waals surface area contributed by atoms with E-state index in [1.165, 1.54) is 0 Å². The van der Waals surface area contributed by atoms with Crippen molar-refractivity contribution >= 4 is 5.97 Å². The molecule has 1 aromatic carbocycles. The van der Waals surface area contributed by atoms with Crippen molar-refractivity contribution < 1.29 is 14.6 Å². The number of hydrogen-bond acceptors (Lipinski definition) is 2. The zero-order valence-electron chi connectivity index (χ0n) is 11.6. The molecule has 0 aliphatic heterocycles. The van der Waals surface area contributed by atoms with Crippen molar-refractivity contribution in [3.63, 3.8) is 0 Å². The molecule has 1 unspecified atom stereocenters. The standard InChI is InChI=1S/C15H22O3/c1-5-12-8-11(6-7-14(12)18-4)9-13(10(2)3)15(16)17/h6-8,10,13H,5,9H2,1-4H3,(H,16,17). The number of carboxylic acids is 1. The maximum atomic E-state index is 11.2.